The van der Waals surface area contributed by atoms with E-state index in [0.29, 0.717) is 22.3 Å². The van der Waals surface area contributed by atoms with Crippen molar-refractivity contribution in [2.45, 2.75) is 6.42 Å². The molecule has 2 aromatic carbocycles. The molecule has 192 valence electrons. The predicted molar refractivity (Wildman–Crippen MR) is 143 cm³/mol. The zero-order valence-electron chi connectivity index (χ0n) is 20.5. The predicted octanol–water partition coefficient (Wildman–Crippen LogP) is 2.47. The fourth-order valence-corrected chi connectivity index (χ4v) is 5.99. The first kappa shape index (κ1) is 26.6. The fourth-order valence-electron chi connectivity index (χ4n) is 5.99. The molecule has 4 N–H and O–H groups in total. The highest BCUT2D eigenvalue weighted by Gasteiger charge is 2.66. The summed E-state index contributed by atoms with van der Waals surface area (Å²) in [5, 5.41) is 25.5. The van der Waals surface area contributed by atoms with Gasteiger partial charge in [-0.2, -0.15) is 0 Å². The van der Waals surface area contributed by atoms with Gasteiger partial charge in [0.2, 0.25) is 11.8 Å². The van der Waals surface area contributed by atoms with E-state index in [4.69, 9.17) is 25.7 Å². The molecule has 2 amide bonds. The molecule has 8 heteroatoms. The van der Waals surface area contributed by atoms with E-state index in [-0.39, 0.29) is 17.8 Å². The van der Waals surface area contributed by atoms with Crippen molar-refractivity contribution in [1.29, 1.82) is 0 Å². The highest BCUT2D eigenvalue weighted by molar-refractivity contribution is 6.00. The average Bonchev–Trinajstić information content (AvgIpc) is 3.49. The molecule has 8 nitrogen and oxygen atoms in total. The Morgan fingerprint density at radius 1 is 0.590 bits per heavy atom. The molecule has 0 heterocycles. The van der Waals surface area contributed by atoms with Crippen molar-refractivity contribution < 1.29 is 29.4 Å². The lowest BCUT2D eigenvalue weighted by Gasteiger charge is -2.36. The molecular weight excluding hydrogens is 496 g/mol. The number of carbonyl (C=O) groups excluding carboxylic acids is 2. The lowest BCUT2D eigenvalue weighted by atomic mass is 9.67. The molecule has 0 saturated heterocycles. The molecule has 2 aromatic rings. The maximum absolute atomic E-state index is 13.4. The molecule has 0 spiro atoms. The maximum Gasteiger partial charge on any atom is 0.307 e. The zero-order valence-corrected chi connectivity index (χ0v) is 20.5. The summed E-state index contributed by atoms with van der Waals surface area (Å²) in [7, 11) is 0. The van der Waals surface area contributed by atoms with Gasteiger partial charge in [0.25, 0.3) is 0 Å². The Bertz CT molecular complexity index is 1400. The lowest BCUT2D eigenvalue weighted by Crippen LogP contribution is -2.49. The number of benzene rings is 2. The molecule has 0 radical (unpaired) electrons. The van der Waals surface area contributed by atoms with Gasteiger partial charge in [0.05, 0.1) is 23.7 Å². The van der Waals surface area contributed by atoms with Crippen molar-refractivity contribution in [3.63, 3.8) is 0 Å². The Labute approximate surface area is 225 Å². The fraction of sp³-hybridized carbons (Fsp3) is 0.226. The van der Waals surface area contributed by atoms with E-state index < -0.39 is 59.3 Å². The Morgan fingerprint density at radius 3 is 1.15 bits per heavy atom. The molecule has 4 rings (SSSR count). The largest absolute Gasteiger partial charge is 0.481 e. The van der Waals surface area contributed by atoms with Crippen LogP contribution in [0.25, 0.3) is 0 Å². The number of carboxylic acid groups (broad SMARTS) is 2. The highest BCUT2D eigenvalue weighted by atomic mass is 16.4. The number of nitrogens with one attached hydrogen (secondary N) is 2. The summed E-state index contributed by atoms with van der Waals surface area (Å²) in [6.07, 6.45) is 21.9. The first-order valence-electron chi connectivity index (χ1n) is 11.9. The Hall–Kier alpha value is -5.44. The molecule has 2 aliphatic rings. The van der Waals surface area contributed by atoms with Gasteiger partial charge in [-0.25, -0.2) is 0 Å². The van der Waals surface area contributed by atoms with Crippen molar-refractivity contribution in [2.75, 3.05) is 10.6 Å². The SMILES string of the molecule is C#Cc1cc(C#C)cc(NC(=O)C2C3CC(C2C(=O)O)C(C(=O)Nc2cc(C#C)cc(C#C)c2)C3C(=O)O)c1. The van der Waals surface area contributed by atoms with E-state index in [2.05, 4.69) is 34.3 Å². The number of carboxylic acids is 2. The second-order valence-corrected chi connectivity index (χ2v) is 9.50. The van der Waals surface area contributed by atoms with Crippen LogP contribution in [0.1, 0.15) is 28.7 Å². The van der Waals surface area contributed by atoms with E-state index in [1.807, 2.05) is 0 Å². The normalized spacial score (nSPS) is 24.3. The van der Waals surface area contributed by atoms with Gasteiger partial charge in [0, 0.05) is 33.6 Å². The Kier molecular flexibility index (Phi) is 7.17. The van der Waals surface area contributed by atoms with Gasteiger partial charge in [-0.1, -0.05) is 23.7 Å². The van der Waals surface area contributed by atoms with Crippen molar-refractivity contribution in [3.8, 4) is 49.4 Å². The van der Waals surface area contributed by atoms with Crippen LogP contribution < -0.4 is 10.6 Å². The van der Waals surface area contributed by atoms with Crippen LogP contribution in [0.5, 0.6) is 0 Å². The summed E-state index contributed by atoms with van der Waals surface area (Å²) in [4.78, 5) is 51.5. The van der Waals surface area contributed by atoms with Gasteiger partial charge < -0.3 is 20.8 Å². The second-order valence-electron chi connectivity index (χ2n) is 9.50. The van der Waals surface area contributed by atoms with Gasteiger partial charge in [-0.15, -0.1) is 25.7 Å². The summed E-state index contributed by atoms with van der Waals surface area (Å²) in [6.45, 7) is 0. The third-order valence-electron chi connectivity index (χ3n) is 7.41. The van der Waals surface area contributed by atoms with Crippen molar-refractivity contribution in [2.24, 2.45) is 35.5 Å². The van der Waals surface area contributed by atoms with Crippen LogP contribution in [0.15, 0.2) is 36.4 Å². The molecule has 6 atom stereocenters. The third-order valence-corrected chi connectivity index (χ3v) is 7.41. The number of carbonyl (C=O) groups is 4. The van der Waals surface area contributed by atoms with Crippen LogP contribution in [0, 0.1) is 84.9 Å². The monoisotopic (exact) mass is 518 g/mol. The number of hydrogen-bond donors (Lipinski definition) is 4. The van der Waals surface area contributed by atoms with Gasteiger partial charge >= 0.3 is 11.9 Å². The van der Waals surface area contributed by atoms with Crippen LogP contribution in [0.4, 0.5) is 11.4 Å². The molecule has 0 aromatic heterocycles. The van der Waals surface area contributed by atoms with E-state index >= 15 is 0 Å². The van der Waals surface area contributed by atoms with Crippen molar-refractivity contribution in [3.05, 3.63) is 58.7 Å². The number of hydrogen-bond acceptors (Lipinski definition) is 4. The Balaban J connectivity index is 1.64. The summed E-state index contributed by atoms with van der Waals surface area (Å²) in [5.41, 5.74) is 2.15. The van der Waals surface area contributed by atoms with Crippen molar-refractivity contribution in [1.82, 2.24) is 0 Å². The topological polar surface area (TPSA) is 133 Å². The Morgan fingerprint density at radius 2 is 0.897 bits per heavy atom. The molecule has 39 heavy (non-hydrogen) atoms. The van der Waals surface area contributed by atoms with Gasteiger partial charge in [-0.3, -0.25) is 19.2 Å². The molecule has 2 fully saturated rings. The van der Waals surface area contributed by atoms with E-state index in [1.165, 1.54) is 24.3 Å². The summed E-state index contributed by atoms with van der Waals surface area (Å²) in [5.74, 6) is -1.01. The van der Waals surface area contributed by atoms with Gasteiger partial charge in [0.15, 0.2) is 0 Å². The summed E-state index contributed by atoms with van der Waals surface area (Å²) < 4.78 is 0. The minimum atomic E-state index is -1.30. The standard InChI is InChI=1S/C31H22N2O6/c1-5-16-9-17(6-2)12-20(11-16)32-28(34)24-22-15-23(26(24)30(36)37)25(27(22)31(38)39)29(35)33-21-13-18(7-3)10-19(8-4)14-21/h1-4,9-14,22-27H,15H2,(H,32,34)(H,33,35)(H,36,37)(H,38,39). The highest BCUT2D eigenvalue weighted by Crippen LogP contribution is 2.59. The third kappa shape index (κ3) is 4.93. The van der Waals surface area contributed by atoms with Gasteiger partial charge in [0.1, 0.15) is 0 Å². The smallest absolute Gasteiger partial charge is 0.307 e. The number of rotatable bonds is 6. The number of anilines is 2. The minimum absolute atomic E-state index is 0.0735. The van der Waals surface area contributed by atoms with Crippen LogP contribution in [-0.4, -0.2) is 34.0 Å². The second kappa shape index (κ2) is 10.5. The molecule has 2 bridgehead atoms. The molecule has 6 unspecified atom stereocenters. The summed E-state index contributed by atoms with van der Waals surface area (Å²) >= 11 is 0. The first-order chi connectivity index (χ1) is 18.6. The van der Waals surface area contributed by atoms with Crippen LogP contribution in [0.2, 0.25) is 0 Å². The van der Waals surface area contributed by atoms with E-state index in [1.54, 1.807) is 12.1 Å². The number of aliphatic carboxylic acids is 2. The molecule has 0 aliphatic heterocycles. The minimum Gasteiger partial charge on any atom is -0.481 e. The molecule has 2 saturated carbocycles. The number of terminal acetylenes is 4. The average molecular weight is 519 g/mol. The van der Waals surface area contributed by atoms with E-state index in [9.17, 15) is 29.4 Å². The van der Waals surface area contributed by atoms with Crippen LogP contribution >= 0.6 is 0 Å². The maximum atomic E-state index is 13.4. The summed E-state index contributed by atoms with van der Waals surface area (Å²) in [6, 6.07) is 9.15. The zero-order chi connectivity index (χ0) is 28.4. The first-order valence-corrected chi connectivity index (χ1v) is 11.9. The van der Waals surface area contributed by atoms with Gasteiger partial charge in [-0.05, 0) is 54.7 Å². The number of fused-ring (bicyclic) bond motifs is 2. The lowest BCUT2D eigenvalue weighted by molar-refractivity contribution is -0.159. The van der Waals surface area contributed by atoms with Crippen LogP contribution in [0.3, 0.4) is 0 Å². The quantitative estimate of drug-likeness (QED) is 0.435. The van der Waals surface area contributed by atoms with Crippen LogP contribution in [-0.2, 0) is 19.2 Å². The number of amides is 2. The van der Waals surface area contributed by atoms with E-state index in [0.717, 1.165) is 0 Å². The van der Waals surface area contributed by atoms with Crippen molar-refractivity contribution >= 4 is 35.1 Å². The molecular formula is C31H22N2O6. The molecule has 2 aliphatic carbocycles.